The molecule has 2 unspecified atom stereocenters. The monoisotopic (exact) mass is 259 g/mol. The second kappa shape index (κ2) is 5.54. The summed E-state index contributed by atoms with van der Waals surface area (Å²) in [5.74, 6) is 2.81. The van der Waals surface area contributed by atoms with Gasteiger partial charge in [-0.25, -0.2) is 0 Å². The van der Waals surface area contributed by atoms with E-state index in [-0.39, 0.29) is 0 Å². The first-order chi connectivity index (χ1) is 9.28. The molecule has 0 heterocycles. The van der Waals surface area contributed by atoms with Crippen LogP contribution in [0.15, 0.2) is 18.2 Å². The maximum atomic E-state index is 5.37. The average molecular weight is 259 g/mol. The van der Waals surface area contributed by atoms with E-state index >= 15 is 0 Å². The molecule has 2 aliphatic carbocycles. The molecule has 1 saturated carbocycles. The number of rotatable bonds is 5. The molecular weight excluding hydrogens is 234 g/mol. The lowest BCUT2D eigenvalue weighted by molar-refractivity contribution is 0.386. The van der Waals surface area contributed by atoms with Crippen molar-refractivity contribution in [2.24, 2.45) is 11.8 Å². The summed E-state index contributed by atoms with van der Waals surface area (Å²) in [5.41, 5.74) is 2.97. The van der Waals surface area contributed by atoms with Crippen LogP contribution in [0.1, 0.15) is 49.8 Å². The molecule has 2 atom stereocenters. The van der Waals surface area contributed by atoms with Gasteiger partial charge in [-0.05, 0) is 73.7 Å². The summed E-state index contributed by atoms with van der Waals surface area (Å²) in [6.07, 6.45) is 6.66. The fourth-order valence-corrected chi connectivity index (χ4v) is 3.28. The largest absolute Gasteiger partial charge is 0.497 e. The Labute approximate surface area is 116 Å². The van der Waals surface area contributed by atoms with E-state index in [4.69, 9.17) is 4.74 Å². The third kappa shape index (κ3) is 2.94. The van der Waals surface area contributed by atoms with Crippen LogP contribution in [0.2, 0.25) is 0 Å². The maximum Gasteiger partial charge on any atom is 0.119 e. The van der Waals surface area contributed by atoms with Gasteiger partial charge in [0, 0.05) is 6.04 Å². The number of hydrogen-bond acceptors (Lipinski definition) is 2. The molecule has 0 amide bonds. The fourth-order valence-electron chi connectivity index (χ4n) is 3.28. The lowest BCUT2D eigenvalue weighted by Crippen LogP contribution is -2.29. The Hall–Kier alpha value is -1.02. The summed E-state index contributed by atoms with van der Waals surface area (Å²) in [4.78, 5) is 0. The minimum absolute atomic E-state index is 0.528. The van der Waals surface area contributed by atoms with Crippen molar-refractivity contribution in [1.82, 2.24) is 5.32 Å². The molecule has 104 valence electrons. The van der Waals surface area contributed by atoms with Crippen molar-refractivity contribution < 1.29 is 4.74 Å². The standard InChI is InChI=1S/C17H25NO/c1-12(13-6-7-13)11-18-17-5-3-4-14-8-9-15(19-2)10-16(14)17/h8-10,12-13,17-18H,3-7,11H2,1-2H3. The molecule has 1 aromatic carbocycles. The van der Waals surface area contributed by atoms with E-state index < -0.39 is 0 Å². The van der Waals surface area contributed by atoms with Crippen LogP contribution >= 0.6 is 0 Å². The number of methoxy groups -OCH3 is 1. The Bertz CT molecular complexity index is 439. The van der Waals surface area contributed by atoms with Gasteiger partial charge in [0.05, 0.1) is 7.11 Å². The van der Waals surface area contributed by atoms with Crippen molar-refractivity contribution >= 4 is 0 Å². The van der Waals surface area contributed by atoms with E-state index in [1.807, 2.05) is 0 Å². The first-order valence-corrected chi connectivity index (χ1v) is 7.68. The van der Waals surface area contributed by atoms with Gasteiger partial charge in [0.15, 0.2) is 0 Å². The van der Waals surface area contributed by atoms with Gasteiger partial charge in [0.25, 0.3) is 0 Å². The third-order valence-electron chi connectivity index (χ3n) is 4.78. The molecule has 0 spiro atoms. The maximum absolute atomic E-state index is 5.37. The van der Waals surface area contributed by atoms with Crippen LogP contribution < -0.4 is 10.1 Å². The van der Waals surface area contributed by atoms with Crippen LogP contribution in [-0.2, 0) is 6.42 Å². The summed E-state index contributed by atoms with van der Waals surface area (Å²) in [6, 6.07) is 7.09. The predicted molar refractivity (Wildman–Crippen MR) is 78.6 cm³/mol. The molecule has 19 heavy (non-hydrogen) atoms. The number of hydrogen-bond donors (Lipinski definition) is 1. The smallest absolute Gasteiger partial charge is 0.119 e. The summed E-state index contributed by atoms with van der Waals surface area (Å²) < 4.78 is 5.37. The Kier molecular flexibility index (Phi) is 3.79. The molecule has 2 heteroatoms. The second-order valence-electron chi connectivity index (χ2n) is 6.23. The SMILES string of the molecule is COc1ccc2c(c1)C(NCC(C)C1CC1)CCC2. The third-order valence-corrected chi connectivity index (χ3v) is 4.78. The zero-order valence-electron chi connectivity index (χ0n) is 12.1. The zero-order valence-corrected chi connectivity index (χ0v) is 12.1. The molecule has 1 fully saturated rings. The van der Waals surface area contributed by atoms with Gasteiger partial charge in [0.1, 0.15) is 5.75 Å². The summed E-state index contributed by atoms with van der Waals surface area (Å²) in [7, 11) is 1.75. The zero-order chi connectivity index (χ0) is 13.2. The predicted octanol–water partition coefficient (Wildman–Crippen LogP) is 3.71. The topological polar surface area (TPSA) is 21.3 Å². The van der Waals surface area contributed by atoms with Crippen molar-refractivity contribution in [3.63, 3.8) is 0 Å². The van der Waals surface area contributed by atoms with Crippen LogP contribution in [-0.4, -0.2) is 13.7 Å². The number of benzene rings is 1. The second-order valence-corrected chi connectivity index (χ2v) is 6.23. The summed E-state index contributed by atoms with van der Waals surface area (Å²) in [5, 5.41) is 3.79. The van der Waals surface area contributed by atoms with E-state index in [9.17, 15) is 0 Å². The van der Waals surface area contributed by atoms with Gasteiger partial charge in [0.2, 0.25) is 0 Å². The van der Waals surface area contributed by atoms with Crippen LogP contribution in [0, 0.1) is 11.8 Å². The quantitative estimate of drug-likeness (QED) is 0.870. The highest BCUT2D eigenvalue weighted by molar-refractivity contribution is 5.39. The van der Waals surface area contributed by atoms with Gasteiger partial charge in [-0.15, -0.1) is 0 Å². The van der Waals surface area contributed by atoms with Crippen molar-refractivity contribution in [3.8, 4) is 5.75 Å². The van der Waals surface area contributed by atoms with Gasteiger partial charge < -0.3 is 10.1 Å². The molecule has 3 rings (SSSR count). The van der Waals surface area contributed by atoms with Crippen molar-refractivity contribution in [2.45, 2.75) is 45.1 Å². The van der Waals surface area contributed by atoms with E-state index in [0.717, 1.165) is 24.1 Å². The highest BCUT2D eigenvalue weighted by Crippen LogP contribution is 2.37. The Morgan fingerprint density at radius 2 is 2.16 bits per heavy atom. The lowest BCUT2D eigenvalue weighted by Gasteiger charge is -2.28. The molecule has 0 aliphatic heterocycles. The highest BCUT2D eigenvalue weighted by atomic mass is 16.5. The van der Waals surface area contributed by atoms with E-state index in [1.54, 1.807) is 7.11 Å². The summed E-state index contributed by atoms with van der Waals surface area (Å²) >= 11 is 0. The number of fused-ring (bicyclic) bond motifs is 1. The van der Waals surface area contributed by atoms with Crippen molar-refractivity contribution in [3.05, 3.63) is 29.3 Å². The number of ether oxygens (including phenoxy) is 1. The Morgan fingerprint density at radius 3 is 2.89 bits per heavy atom. The van der Waals surface area contributed by atoms with Crippen molar-refractivity contribution in [2.75, 3.05) is 13.7 Å². The molecule has 0 bridgehead atoms. The van der Waals surface area contributed by atoms with E-state index in [2.05, 4.69) is 30.4 Å². The van der Waals surface area contributed by atoms with Gasteiger partial charge >= 0.3 is 0 Å². The number of nitrogens with one attached hydrogen (secondary N) is 1. The molecule has 0 radical (unpaired) electrons. The molecule has 1 N–H and O–H groups in total. The van der Waals surface area contributed by atoms with Gasteiger partial charge in [-0.3, -0.25) is 0 Å². The number of aryl methyl sites for hydroxylation is 1. The Morgan fingerprint density at radius 1 is 1.32 bits per heavy atom. The molecule has 2 aliphatic rings. The first kappa shape index (κ1) is 13.0. The molecule has 0 aromatic heterocycles. The summed E-state index contributed by atoms with van der Waals surface area (Å²) in [6.45, 7) is 3.55. The molecule has 0 saturated heterocycles. The fraction of sp³-hybridized carbons (Fsp3) is 0.647. The van der Waals surface area contributed by atoms with Gasteiger partial charge in [-0.2, -0.15) is 0 Å². The van der Waals surface area contributed by atoms with Crippen LogP contribution in [0.4, 0.5) is 0 Å². The minimum Gasteiger partial charge on any atom is -0.497 e. The van der Waals surface area contributed by atoms with E-state index in [1.165, 1.54) is 43.2 Å². The van der Waals surface area contributed by atoms with Crippen LogP contribution in [0.5, 0.6) is 5.75 Å². The van der Waals surface area contributed by atoms with Gasteiger partial charge in [-0.1, -0.05) is 13.0 Å². The first-order valence-electron chi connectivity index (χ1n) is 7.68. The normalized spacial score (nSPS) is 23.8. The minimum atomic E-state index is 0.528. The van der Waals surface area contributed by atoms with Crippen molar-refractivity contribution in [1.29, 1.82) is 0 Å². The van der Waals surface area contributed by atoms with E-state index in [0.29, 0.717) is 6.04 Å². The highest BCUT2D eigenvalue weighted by Gasteiger charge is 2.28. The molecule has 2 nitrogen and oxygen atoms in total. The van der Waals surface area contributed by atoms with Crippen LogP contribution in [0.25, 0.3) is 0 Å². The lowest BCUT2D eigenvalue weighted by atomic mass is 9.87. The van der Waals surface area contributed by atoms with Crippen LogP contribution in [0.3, 0.4) is 0 Å². The molecular formula is C17H25NO. The Balaban J connectivity index is 1.69. The average Bonchev–Trinajstić information content (AvgIpc) is 3.28. The molecule has 1 aromatic rings.